The molecule has 20 heavy (non-hydrogen) atoms. The van der Waals surface area contributed by atoms with Crippen molar-refractivity contribution in [3.8, 4) is 5.75 Å². The van der Waals surface area contributed by atoms with E-state index in [0.29, 0.717) is 25.9 Å². The molecule has 0 bridgehead atoms. The van der Waals surface area contributed by atoms with Crippen molar-refractivity contribution in [2.24, 2.45) is 5.92 Å². The summed E-state index contributed by atoms with van der Waals surface area (Å²) in [4.78, 5) is 20.9. The molecule has 0 atom stereocenters. The minimum absolute atomic E-state index is 0.226. The summed E-state index contributed by atoms with van der Waals surface area (Å²) in [5.74, 6) is 0.670. The summed E-state index contributed by atoms with van der Waals surface area (Å²) >= 11 is 0. The van der Waals surface area contributed by atoms with E-state index < -0.39 is 5.97 Å². The summed E-state index contributed by atoms with van der Waals surface area (Å²) in [6.07, 6.45) is 1.32. The van der Waals surface area contributed by atoms with Gasteiger partial charge in [-0.2, -0.15) is 0 Å². The number of benzene rings is 1. The first-order valence-corrected chi connectivity index (χ1v) is 6.69. The maximum atomic E-state index is 11.0. The van der Waals surface area contributed by atoms with E-state index in [9.17, 15) is 4.79 Å². The van der Waals surface area contributed by atoms with Crippen LogP contribution in [-0.4, -0.2) is 41.2 Å². The van der Waals surface area contributed by atoms with Gasteiger partial charge in [0.25, 0.3) is 0 Å². The molecular formula is C14H17N3O3. The third kappa shape index (κ3) is 2.29. The Morgan fingerprint density at radius 3 is 2.85 bits per heavy atom. The molecule has 1 fully saturated rings. The van der Waals surface area contributed by atoms with E-state index in [1.807, 2.05) is 18.2 Å². The fraction of sp³-hybridized carbons (Fsp3) is 0.429. The number of nitrogens with one attached hydrogen (secondary N) is 1. The average Bonchev–Trinajstić information content (AvgIpc) is 2.90. The number of methoxy groups -OCH3 is 1. The molecule has 1 aromatic carbocycles. The predicted octanol–water partition coefficient (Wildman–Crippen LogP) is 1.87. The van der Waals surface area contributed by atoms with Crippen LogP contribution in [0.4, 0.5) is 5.95 Å². The molecular weight excluding hydrogens is 258 g/mol. The molecule has 0 amide bonds. The lowest BCUT2D eigenvalue weighted by atomic mass is 9.97. The summed E-state index contributed by atoms with van der Waals surface area (Å²) < 4.78 is 5.19. The van der Waals surface area contributed by atoms with Crippen LogP contribution in [0.2, 0.25) is 0 Å². The summed E-state index contributed by atoms with van der Waals surface area (Å²) in [5, 5.41) is 9.01. The van der Waals surface area contributed by atoms with Gasteiger partial charge in [-0.3, -0.25) is 4.79 Å². The van der Waals surface area contributed by atoms with Gasteiger partial charge in [0.2, 0.25) is 5.95 Å². The van der Waals surface area contributed by atoms with Crippen LogP contribution in [0, 0.1) is 5.92 Å². The number of H-pyrrole nitrogens is 1. The van der Waals surface area contributed by atoms with Crippen LogP contribution in [0.5, 0.6) is 5.75 Å². The summed E-state index contributed by atoms with van der Waals surface area (Å²) in [6.45, 7) is 1.43. The number of hydrogen-bond donors (Lipinski definition) is 2. The molecule has 1 aliphatic heterocycles. The van der Waals surface area contributed by atoms with Crippen LogP contribution in [-0.2, 0) is 4.79 Å². The van der Waals surface area contributed by atoms with Crippen molar-refractivity contribution in [3.05, 3.63) is 18.2 Å². The van der Waals surface area contributed by atoms with E-state index in [1.54, 1.807) is 7.11 Å². The van der Waals surface area contributed by atoms with Crippen LogP contribution in [0.1, 0.15) is 12.8 Å². The molecule has 1 saturated heterocycles. The standard InChI is InChI=1S/C14H17N3O3/c1-20-10-2-3-11-12(8-10)16-14(15-11)17-6-4-9(5-7-17)13(18)19/h2-3,8-9H,4-7H2,1H3,(H,15,16)(H,18,19). The van der Waals surface area contributed by atoms with Gasteiger partial charge in [0.05, 0.1) is 24.1 Å². The van der Waals surface area contributed by atoms with E-state index in [-0.39, 0.29) is 5.92 Å². The zero-order valence-electron chi connectivity index (χ0n) is 11.3. The second-order valence-electron chi connectivity index (χ2n) is 5.04. The van der Waals surface area contributed by atoms with Gasteiger partial charge in [0.1, 0.15) is 5.75 Å². The molecule has 106 valence electrons. The van der Waals surface area contributed by atoms with E-state index in [1.165, 1.54) is 0 Å². The molecule has 2 N–H and O–H groups in total. The second-order valence-corrected chi connectivity index (χ2v) is 5.04. The Morgan fingerprint density at radius 2 is 2.20 bits per heavy atom. The molecule has 0 aliphatic carbocycles. The zero-order valence-corrected chi connectivity index (χ0v) is 11.3. The topological polar surface area (TPSA) is 78.4 Å². The van der Waals surface area contributed by atoms with E-state index in [2.05, 4.69) is 14.9 Å². The molecule has 0 spiro atoms. The first kappa shape index (κ1) is 12.8. The number of carboxylic acids is 1. The molecule has 1 aliphatic rings. The molecule has 0 unspecified atom stereocenters. The lowest BCUT2D eigenvalue weighted by Crippen LogP contribution is -2.36. The number of aromatic nitrogens is 2. The number of rotatable bonds is 3. The number of imidazole rings is 1. The van der Waals surface area contributed by atoms with Gasteiger partial charge in [0.15, 0.2) is 0 Å². The molecule has 2 heterocycles. The van der Waals surface area contributed by atoms with Gasteiger partial charge in [-0.25, -0.2) is 4.98 Å². The minimum Gasteiger partial charge on any atom is -0.497 e. The lowest BCUT2D eigenvalue weighted by molar-refractivity contribution is -0.142. The monoisotopic (exact) mass is 275 g/mol. The second kappa shape index (κ2) is 5.03. The Bertz CT molecular complexity index is 630. The molecule has 6 nitrogen and oxygen atoms in total. The van der Waals surface area contributed by atoms with Crippen LogP contribution >= 0.6 is 0 Å². The van der Waals surface area contributed by atoms with Crippen molar-refractivity contribution in [3.63, 3.8) is 0 Å². The van der Waals surface area contributed by atoms with Crippen molar-refractivity contribution < 1.29 is 14.6 Å². The third-order valence-corrected chi connectivity index (χ3v) is 3.82. The van der Waals surface area contributed by atoms with Crippen molar-refractivity contribution in [2.75, 3.05) is 25.1 Å². The Balaban J connectivity index is 1.79. The van der Waals surface area contributed by atoms with E-state index in [0.717, 1.165) is 22.7 Å². The SMILES string of the molecule is COc1ccc2nc(N3CCC(C(=O)O)CC3)[nH]c2c1. The molecule has 3 rings (SSSR count). The highest BCUT2D eigenvalue weighted by Crippen LogP contribution is 2.25. The number of fused-ring (bicyclic) bond motifs is 1. The van der Waals surface area contributed by atoms with Gasteiger partial charge < -0.3 is 19.7 Å². The van der Waals surface area contributed by atoms with Crippen LogP contribution in [0.3, 0.4) is 0 Å². The van der Waals surface area contributed by atoms with Crippen molar-refractivity contribution in [2.45, 2.75) is 12.8 Å². The number of piperidine rings is 1. The quantitative estimate of drug-likeness (QED) is 0.894. The Hall–Kier alpha value is -2.24. The number of anilines is 1. The Labute approximate surface area is 116 Å². The fourth-order valence-electron chi connectivity index (χ4n) is 2.59. The Kier molecular flexibility index (Phi) is 3.22. The summed E-state index contributed by atoms with van der Waals surface area (Å²) in [6, 6.07) is 5.71. The number of hydrogen-bond acceptors (Lipinski definition) is 4. The fourth-order valence-corrected chi connectivity index (χ4v) is 2.59. The normalized spacial score (nSPS) is 16.6. The number of ether oxygens (including phenoxy) is 1. The molecule has 1 aromatic heterocycles. The summed E-state index contributed by atoms with van der Waals surface area (Å²) in [5.41, 5.74) is 1.82. The van der Waals surface area contributed by atoms with Crippen LogP contribution in [0.25, 0.3) is 11.0 Å². The van der Waals surface area contributed by atoms with Gasteiger partial charge in [-0.05, 0) is 25.0 Å². The van der Waals surface area contributed by atoms with E-state index in [4.69, 9.17) is 9.84 Å². The van der Waals surface area contributed by atoms with Gasteiger partial charge in [0, 0.05) is 19.2 Å². The zero-order chi connectivity index (χ0) is 14.1. The molecule has 6 heteroatoms. The average molecular weight is 275 g/mol. The van der Waals surface area contributed by atoms with Crippen LogP contribution in [0.15, 0.2) is 18.2 Å². The van der Waals surface area contributed by atoms with Gasteiger partial charge in [-0.15, -0.1) is 0 Å². The molecule has 2 aromatic rings. The first-order chi connectivity index (χ1) is 9.67. The van der Waals surface area contributed by atoms with Crippen molar-refractivity contribution in [1.82, 2.24) is 9.97 Å². The Morgan fingerprint density at radius 1 is 1.45 bits per heavy atom. The first-order valence-electron chi connectivity index (χ1n) is 6.69. The smallest absolute Gasteiger partial charge is 0.306 e. The minimum atomic E-state index is -0.695. The third-order valence-electron chi connectivity index (χ3n) is 3.82. The largest absolute Gasteiger partial charge is 0.497 e. The number of nitrogens with zero attached hydrogens (tertiary/aromatic N) is 2. The summed E-state index contributed by atoms with van der Waals surface area (Å²) in [7, 11) is 1.63. The highest BCUT2D eigenvalue weighted by atomic mass is 16.5. The predicted molar refractivity (Wildman–Crippen MR) is 75.2 cm³/mol. The lowest BCUT2D eigenvalue weighted by Gasteiger charge is -2.29. The molecule has 0 radical (unpaired) electrons. The maximum Gasteiger partial charge on any atom is 0.306 e. The van der Waals surface area contributed by atoms with Gasteiger partial charge in [-0.1, -0.05) is 0 Å². The highest BCUT2D eigenvalue weighted by Gasteiger charge is 2.25. The van der Waals surface area contributed by atoms with Crippen molar-refractivity contribution in [1.29, 1.82) is 0 Å². The number of aromatic amines is 1. The number of carbonyl (C=O) groups is 1. The maximum absolute atomic E-state index is 11.0. The number of carboxylic acid groups (broad SMARTS) is 1. The van der Waals surface area contributed by atoms with Crippen molar-refractivity contribution >= 4 is 23.0 Å². The molecule has 0 saturated carbocycles. The van der Waals surface area contributed by atoms with Gasteiger partial charge >= 0.3 is 5.97 Å². The number of aliphatic carboxylic acids is 1. The van der Waals surface area contributed by atoms with Crippen LogP contribution < -0.4 is 9.64 Å². The highest BCUT2D eigenvalue weighted by molar-refractivity contribution is 5.79. The van der Waals surface area contributed by atoms with E-state index >= 15 is 0 Å².